The van der Waals surface area contributed by atoms with Gasteiger partial charge in [-0.1, -0.05) is 6.07 Å². The number of aromatic nitrogens is 1. The number of aryl methyl sites for hydroxylation is 1. The van der Waals surface area contributed by atoms with Gasteiger partial charge in [-0.2, -0.15) is 0 Å². The van der Waals surface area contributed by atoms with Crippen LogP contribution < -0.4 is 5.32 Å². The molecule has 90 valence electrons. The van der Waals surface area contributed by atoms with Gasteiger partial charge in [0.25, 0.3) is 0 Å². The van der Waals surface area contributed by atoms with E-state index in [1.54, 1.807) is 23.5 Å². The number of rotatable bonds is 4. The van der Waals surface area contributed by atoms with Crippen LogP contribution in [-0.4, -0.2) is 4.98 Å². The van der Waals surface area contributed by atoms with Crippen molar-refractivity contribution in [3.8, 4) is 0 Å². The smallest absolute Gasteiger partial charge is 0.137 e. The normalized spacial score (nSPS) is 10.8. The topological polar surface area (TPSA) is 24.9 Å². The quantitative estimate of drug-likeness (QED) is 0.932. The third kappa shape index (κ3) is 3.59. The Morgan fingerprint density at radius 3 is 2.88 bits per heavy atom. The van der Waals surface area contributed by atoms with Crippen LogP contribution in [0.5, 0.6) is 0 Å². The Hall–Kier alpha value is -0.780. The summed E-state index contributed by atoms with van der Waals surface area (Å²) < 4.78 is 13.5. The molecule has 0 fully saturated rings. The van der Waals surface area contributed by atoms with E-state index in [2.05, 4.69) is 26.2 Å². The van der Waals surface area contributed by atoms with Crippen molar-refractivity contribution in [2.45, 2.75) is 20.0 Å². The summed E-state index contributed by atoms with van der Waals surface area (Å²) >= 11 is 4.82. The zero-order chi connectivity index (χ0) is 12.3. The van der Waals surface area contributed by atoms with Crippen molar-refractivity contribution >= 4 is 27.3 Å². The number of thiazole rings is 1. The molecule has 0 aliphatic carbocycles. The first-order valence-corrected chi connectivity index (χ1v) is 6.88. The molecule has 0 bridgehead atoms. The van der Waals surface area contributed by atoms with Gasteiger partial charge < -0.3 is 5.32 Å². The summed E-state index contributed by atoms with van der Waals surface area (Å²) in [6.45, 7) is 3.43. The summed E-state index contributed by atoms with van der Waals surface area (Å²) in [5, 5.41) is 6.40. The molecule has 0 saturated heterocycles. The second kappa shape index (κ2) is 5.71. The molecule has 0 atom stereocenters. The number of benzene rings is 1. The number of hydrogen-bond donors (Lipinski definition) is 1. The van der Waals surface area contributed by atoms with Crippen LogP contribution in [0.2, 0.25) is 0 Å². The lowest BCUT2D eigenvalue weighted by Crippen LogP contribution is -2.13. The van der Waals surface area contributed by atoms with Gasteiger partial charge in [-0.05, 0) is 40.5 Å². The number of hydrogen-bond acceptors (Lipinski definition) is 3. The van der Waals surface area contributed by atoms with Crippen LogP contribution in [0.1, 0.15) is 16.3 Å². The van der Waals surface area contributed by atoms with Crippen molar-refractivity contribution in [2.24, 2.45) is 0 Å². The molecule has 0 unspecified atom stereocenters. The summed E-state index contributed by atoms with van der Waals surface area (Å²) in [5.74, 6) is -0.233. The first-order valence-electron chi connectivity index (χ1n) is 5.21. The summed E-state index contributed by atoms with van der Waals surface area (Å²) in [4.78, 5) is 4.36. The average molecular weight is 315 g/mol. The Kier molecular flexibility index (Phi) is 4.25. The standard InChI is InChI=1S/C12H12BrFN2S/c1-8-16-10(7-17-8)6-15-5-9-2-3-12(14)11(13)4-9/h2-4,7,15H,5-6H2,1H3. The van der Waals surface area contributed by atoms with Crippen LogP contribution >= 0.6 is 27.3 Å². The molecule has 0 radical (unpaired) electrons. The van der Waals surface area contributed by atoms with Gasteiger partial charge in [0.05, 0.1) is 15.2 Å². The van der Waals surface area contributed by atoms with E-state index >= 15 is 0 Å². The molecule has 0 aliphatic heterocycles. The monoisotopic (exact) mass is 314 g/mol. The molecule has 0 saturated carbocycles. The molecule has 1 aromatic heterocycles. The van der Waals surface area contributed by atoms with E-state index in [0.29, 0.717) is 11.0 Å². The molecule has 2 aromatic rings. The molecular weight excluding hydrogens is 303 g/mol. The molecule has 2 rings (SSSR count). The highest BCUT2D eigenvalue weighted by Gasteiger charge is 2.01. The van der Waals surface area contributed by atoms with E-state index in [1.807, 2.05) is 12.3 Å². The molecule has 2 nitrogen and oxygen atoms in total. The maximum Gasteiger partial charge on any atom is 0.137 e. The van der Waals surface area contributed by atoms with E-state index in [0.717, 1.165) is 22.8 Å². The number of halogens is 2. The summed E-state index contributed by atoms with van der Waals surface area (Å²) in [5.41, 5.74) is 2.10. The second-order valence-electron chi connectivity index (χ2n) is 3.71. The van der Waals surface area contributed by atoms with E-state index in [1.165, 1.54) is 6.07 Å². The van der Waals surface area contributed by atoms with Gasteiger partial charge in [0, 0.05) is 18.5 Å². The van der Waals surface area contributed by atoms with Crippen LogP contribution in [0.4, 0.5) is 4.39 Å². The molecule has 0 amide bonds. The average Bonchev–Trinajstić information content (AvgIpc) is 2.70. The van der Waals surface area contributed by atoms with Crippen molar-refractivity contribution in [3.05, 3.63) is 50.1 Å². The van der Waals surface area contributed by atoms with Gasteiger partial charge in [-0.15, -0.1) is 11.3 Å². The largest absolute Gasteiger partial charge is 0.307 e. The number of nitrogens with one attached hydrogen (secondary N) is 1. The Morgan fingerprint density at radius 2 is 2.24 bits per heavy atom. The Balaban J connectivity index is 1.87. The number of nitrogens with zero attached hydrogens (tertiary/aromatic N) is 1. The van der Waals surface area contributed by atoms with Crippen LogP contribution in [0.25, 0.3) is 0 Å². The zero-order valence-corrected chi connectivity index (χ0v) is 11.7. The Labute approximate surface area is 112 Å². The lowest BCUT2D eigenvalue weighted by Gasteiger charge is -2.04. The fraction of sp³-hybridized carbons (Fsp3) is 0.250. The fourth-order valence-electron chi connectivity index (χ4n) is 1.47. The van der Waals surface area contributed by atoms with Crippen molar-refractivity contribution in [1.82, 2.24) is 10.3 Å². The van der Waals surface area contributed by atoms with Crippen LogP contribution in [0.3, 0.4) is 0 Å². The summed E-state index contributed by atoms with van der Waals surface area (Å²) in [7, 11) is 0. The highest BCUT2D eigenvalue weighted by Crippen LogP contribution is 2.16. The Bertz CT molecular complexity index is 513. The highest BCUT2D eigenvalue weighted by molar-refractivity contribution is 9.10. The maximum absolute atomic E-state index is 13.0. The molecule has 0 aliphatic rings. The van der Waals surface area contributed by atoms with Crippen molar-refractivity contribution in [3.63, 3.8) is 0 Å². The van der Waals surface area contributed by atoms with E-state index in [9.17, 15) is 4.39 Å². The van der Waals surface area contributed by atoms with Gasteiger partial charge in [0.15, 0.2) is 0 Å². The maximum atomic E-state index is 13.0. The zero-order valence-electron chi connectivity index (χ0n) is 9.34. The van der Waals surface area contributed by atoms with E-state index in [4.69, 9.17) is 0 Å². The minimum Gasteiger partial charge on any atom is -0.307 e. The molecule has 1 heterocycles. The minimum absolute atomic E-state index is 0.233. The van der Waals surface area contributed by atoms with Crippen LogP contribution in [-0.2, 0) is 13.1 Å². The molecular formula is C12H12BrFN2S. The molecule has 0 spiro atoms. The van der Waals surface area contributed by atoms with Gasteiger partial charge in [-0.3, -0.25) is 0 Å². The first kappa shape index (κ1) is 12.7. The minimum atomic E-state index is -0.233. The van der Waals surface area contributed by atoms with Gasteiger partial charge >= 0.3 is 0 Å². The van der Waals surface area contributed by atoms with E-state index in [-0.39, 0.29) is 5.82 Å². The molecule has 17 heavy (non-hydrogen) atoms. The van der Waals surface area contributed by atoms with E-state index < -0.39 is 0 Å². The lowest BCUT2D eigenvalue weighted by atomic mass is 10.2. The molecule has 5 heteroatoms. The van der Waals surface area contributed by atoms with Crippen LogP contribution in [0.15, 0.2) is 28.1 Å². The first-order chi connectivity index (χ1) is 8.15. The third-order valence-corrected chi connectivity index (χ3v) is 3.72. The lowest BCUT2D eigenvalue weighted by molar-refractivity contribution is 0.617. The second-order valence-corrected chi connectivity index (χ2v) is 5.63. The predicted octanol–water partition coefficient (Wildman–Crippen LogP) is 3.64. The predicted molar refractivity (Wildman–Crippen MR) is 71.5 cm³/mol. The van der Waals surface area contributed by atoms with Gasteiger partial charge in [0.1, 0.15) is 5.82 Å². The van der Waals surface area contributed by atoms with Gasteiger partial charge in [0.2, 0.25) is 0 Å². The van der Waals surface area contributed by atoms with Gasteiger partial charge in [-0.25, -0.2) is 9.37 Å². The highest BCUT2D eigenvalue weighted by atomic mass is 79.9. The summed E-state index contributed by atoms with van der Waals surface area (Å²) in [6, 6.07) is 5.03. The Morgan fingerprint density at radius 1 is 1.41 bits per heavy atom. The third-order valence-electron chi connectivity index (χ3n) is 2.29. The van der Waals surface area contributed by atoms with Crippen molar-refractivity contribution in [2.75, 3.05) is 0 Å². The molecule has 1 N–H and O–H groups in total. The van der Waals surface area contributed by atoms with Crippen molar-refractivity contribution < 1.29 is 4.39 Å². The SMILES string of the molecule is Cc1nc(CNCc2ccc(F)c(Br)c2)cs1. The van der Waals surface area contributed by atoms with Crippen LogP contribution in [0, 0.1) is 12.7 Å². The van der Waals surface area contributed by atoms with Crippen molar-refractivity contribution in [1.29, 1.82) is 0 Å². The summed E-state index contributed by atoms with van der Waals surface area (Å²) in [6.07, 6.45) is 0. The molecule has 1 aromatic carbocycles. The fourth-order valence-corrected chi connectivity index (χ4v) is 2.51.